The lowest BCUT2D eigenvalue weighted by molar-refractivity contribution is -0.0184. The first-order valence-electron chi connectivity index (χ1n) is 6.26. The lowest BCUT2D eigenvalue weighted by Gasteiger charge is -2.34. The Balaban J connectivity index is 2.54. The summed E-state index contributed by atoms with van der Waals surface area (Å²) >= 11 is 0. The molecule has 0 bridgehead atoms. The van der Waals surface area contributed by atoms with Gasteiger partial charge in [0.2, 0.25) is 0 Å². The maximum Gasteiger partial charge on any atom is 0.0821 e. The summed E-state index contributed by atoms with van der Waals surface area (Å²) in [4.78, 5) is 0. The molecular weight excluding hydrogens is 188 g/mol. The molecule has 1 saturated heterocycles. The van der Waals surface area contributed by atoms with Gasteiger partial charge >= 0.3 is 0 Å². The molecule has 1 rings (SSSR count). The normalized spacial score (nSPS) is 28.6. The van der Waals surface area contributed by atoms with Crippen molar-refractivity contribution in [1.29, 1.82) is 0 Å². The predicted octanol–water partition coefficient (Wildman–Crippen LogP) is 2.21. The predicted molar refractivity (Wildman–Crippen MR) is 63.4 cm³/mol. The average Bonchev–Trinajstić information content (AvgIpc) is 2.68. The summed E-state index contributed by atoms with van der Waals surface area (Å²) in [6.45, 7) is 7.57. The molecule has 0 saturated carbocycles. The van der Waals surface area contributed by atoms with E-state index in [1.54, 1.807) is 0 Å². The largest absolute Gasteiger partial charge is 0.374 e. The second-order valence-electron chi connectivity index (χ2n) is 4.90. The van der Waals surface area contributed by atoms with Crippen LogP contribution < -0.4 is 11.3 Å². The first kappa shape index (κ1) is 12.9. The monoisotopic (exact) mass is 214 g/mol. The van der Waals surface area contributed by atoms with Crippen LogP contribution in [0.15, 0.2) is 0 Å². The number of nitrogens with one attached hydrogen (secondary N) is 1. The number of ether oxygens (including phenoxy) is 1. The first-order chi connectivity index (χ1) is 7.16. The zero-order valence-corrected chi connectivity index (χ0v) is 10.4. The van der Waals surface area contributed by atoms with Gasteiger partial charge < -0.3 is 4.74 Å². The number of hydrogen-bond donors (Lipinski definition) is 2. The lowest BCUT2D eigenvalue weighted by atomic mass is 9.84. The molecule has 0 aromatic heterocycles. The fourth-order valence-electron chi connectivity index (χ4n) is 2.52. The molecule has 3 nitrogen and oxygen atoms in total. The third-order valence-electron chi connectivity index (χ3n) is 3.91. The highest BCUT2D eigenvalue weighted by Gasteiger charge is 2.38. The van der Waals surface area contributed by atoms with Gasteiger partial charge in [0, 0.05) is 6.61 Å². The molecule has 0 spiro atoms. The van der Waals surface area contributed by atoms with E-state index in [0.717, 1.165) is 31.8 Å². The molecule has 0 radical (unpaired) electrons. The van der Waals surface area contributed by atoms with Gasteiger partial charge in [-0.15, -0.1) is 0 Å². The van der Waals surface area contributed by atoms with Crippen LogP contribution in [0.3, 0.4) is 0 Å². The van der Waals surface area contributed by atoms with Crippen molar-refractivity contribution in [3.05, 3.63) is 0 Å². The molecule has 0 amide bonds. The minimum absolute atomic E-state index is 0.0443. The Labute approximate surface area is 93.7 Å². The molecule has 0 aliphatic carbocycles. The fourth-order valence-corrected chi connectivity index (χ4v) is 2.52. The van der Waals surface area contributed by atoms with Crippen LogP contribution in [-0.4, -0.2) is 18.2 Å². The highest BCUT2D eigenvalue weighted by Crippen LogP contribution is 2.32. The van der Waals surface area contributed by atoms with Crippen LogP contribution in [0.2, 0.25) is 0 Å². The van der Waals surface area contributed by atoms with Crippen LogP contribution in [0.4, 0.5) is 0 Å². The van der Waals surface area contributed by atoms with Crippen LogP contribution in [0.5, 0.6) is 0 Å². The Bertz CT molecular complexity index is 174. The van der Waals surface area contributed by atoms with Gasteiger partial charge in [-0.25, -0.2) is 0 Å². The van der Waals surface area contributed by atoms with Crippen molar-refractivity contribution in [2.45, 2.75) is 64.5 Å². The third-order valence-corrected chi connectivity index (χ3v) is 3.91. The van der Waals surface area contributed by atoms with Crippen LogP contribution >= 0.6 is 0 Å². The van der Waals surface area contributed by atoms with Crippen molar-refractivity contribution in [3.63, 3.8) is 0 Å². The molecule has 1 aliphatic rings. The molecule has 0 aromatic rings. The summed E-state index contributed by atoms with van der Waals surface area (Å²) in [5, 5.41) is 0. The highest BCUT2D eigenvalue weighted by molar-refractivity contribution is 4.92. The summed E-state index contributed by atoms with van der Waals surface area (Å²) in [5.74, 6) is 6.42. The molecule has 3 heteroatoms. The molecule has 2 unspecified atom stereocenters. The van der Waals surface area contributed by atoms with Gasteiger partial charge in [0.1, 0.15) is 0 Å². The number of hydrogen-bond acceptors (Lipinski definition) is 3. The van der Waals surface area contributed by atoms with E-state index in [1.165, 1.54) is 12.8 Å². The van der Waals surface area contributed by atoms with Gasteiger partial charge in [-0.05, 0) is 32.1 Å². The Kier molecular flexibility index (Phi) is 5.03. The maximum atomic E-state index is 5.84. The van der Waals surface area contributed by atoms with Gasteiger partial charge in [-0.1, -0.05) is 26.7 Å². The van der Waals surface area contributed by atoms with E-state index in [-0.39, 0.29) is 5.60 Å². The quantitative estimate of drug-likeness (QED) is 0.526. The Morgan fingerprint density at radius 2 is 2.07 bits per heavy atom. The van der Waals surface area contributed by atoms with Crippen molar-refractivity contribution in [2.75, 3.05) is 6.61 Å². The molecule has 90 valence electrons. The number of rotatable bonds is 6. The van der Waals surface area contributed by atoms with E-state index in [2.05, 4.69) is 26.2 Å². The van der Waals surface area contributed by atoms with Gasteiger partial charge in [-0.2, -0.15) is 0 Å². The van der Waals surface area contributed by atoms with E-state index in [1.807, 2.05) is 0 Å². The SMILES string of the molecule is CCC(CC)CC(NN)C1(C)CCCO1. The molecule has 1 aliphatic heterocycles. The molecule has 0 aromatic carbocycles. The zero-order valence-electron chi connectivity index (χ0n) is 10.4. The molecule has 1 fully saturated rings. The third kappa shape index (κ3) is 3.16. The molecular formula is C12H26N2O. The molecule has 15 heavy (non-hydrogen) atoms. The van der Waals surface area contributed by atoms with Crippen LogP contribution in [0.25, 0.3) is 0 Å². The van der Waals surface area contributed by atoms with Gasteiger partial charge in [0.15, 0.2) is 0 Å². The number of hydrazine groups is 1. The Morgan fingerprint density at radius 3 is 2.47 bits per heavy atom. The van der Waals surface area contributed by atoms with Gasteiger partial charge in [0.25, 0.3) is 0 Å². The van der Waals surface area contributed by atoms with Gasteiger partial charge in [0.05, 0.1) is 11.6 Å². The van der Waals surface area contributed by atoms with Crippen LogP contribution in [0.1, 0.15) is 52.9 Å². The van der Waals surface area contributed by atoms with Gasteiger partial charge in [-0.3, -0.25) is 11.3 Å². The highest BCUT2D eigenvalue weighted by atomic mass is 16.5. The van der Waals surface area contributed by atoms with E-state index >= 15 is 0 Å². The lowest BCUT2D eigenvalue weighted by Crippen LogP contribution is -2.52. The van der Waals surface area contributed by atoms with Crippen molar-refractivity contribution in [1.82, 2.24) is 5.43 Å². The standard InChI is InChI=1S/C12H26N2O/c1-4-10(5-2)9-11(14-13)12(3)7-6-8-15-12/h10-11,14H,4-9,13H2,1-3H3. The van der Waals surface area contributed by atoms with E-state index in [4.69, 9.17) is 10.6 Å². The summed E-state index contributed by atoms with van der Waals surface area (Å²) in [6.07, 6.45) is 5.87. The second kappa shape index (κ2) is 5.83. The minimum atomic E-state index is -0.0443. The van der Waals surface area contributed by atoms with E-state index < -0.39 is 0 Å². The van der Waals surface area contributed by atoms with E-state index in [9.17, 15) is 0 Å². The fraction of sp³-hybridized carbons (Fsp3) is 1.00. The van der Waals surface area contributed by atoms with Crippen molar-refractivity contribution < 1.29 is 4.74 Å². The Morgan fingerprint density at radius 1 is 1.40 bits per heavy atom. The number of nitrogens with two attached hydrogens (primary N) is 1. The van der Waals surface area contributed by atoms with Crippen LogP contribution in [-0.2, 0) is 4.74 Å². The summed E-state index contributed by atoms with van der Waals surface area (Å²) in [7, 11) is 0. The zero-order chi connectivity index (χ0) is 11.3. The molecule has 2 atom stereocenters. The minimum Gasteiger partial charge on any atom is -0.374 e. The molecule has 1 heterocycles. The summed E-state index contributed by atoms with van der Waals surface area (Å²) < 4.78 is 5.84. The molecule has 3 N–H and O–H groups in total. The summed E-state index contributed by atoms with van der Waals surface area (Å²) in [6, 6.07) is 0.296. The Hall–Kier alpha value is -0.120. The van der Waals surface area contributed by atoms with E-state index in [0.29, 0.717) is 6.04 Å². The summed E-state index contributed by atoms with van der Waals surface area (Å²) in [5.41, 5.74) is 2.91. The van der Waals surface area contributed by atoms with Crippen molar-refractivity contribution in [3.8, 4) is 0 Å². The first-order valence-corrected chi connectivity index (χ1v) is 6.26. The smallest absolute Gasteiger partial charge is 0.0821 e. The maximum absolute atomic E-state index is 5.84. The topological polar surface area (TPSA) is 47.3 Å². The average molecular weight is 214 g/mol. The second-order valence-corrected chi connectivity index (χ2v) is 4.90. The van der Waals surface area contributed by atoms with Crippen LogP contribution in [0, 0.1) is 5.92 Å². The van der Waals surface area contributed by atoms with Crippen molar-refractivity contribution in [2.24, 2.45) is 11.8 Å². The van der Waals surface area contributed by atoms with Crippen molar-refractivity contribution >= 4 is 0 Å².